The maximum absolute atomic E-state index is 3.14. The molecule has 0 fully saturated rings. The predicted octanol–water partition coefficient (Wildman–Crippen LogP) is 5.63. The molecule has 0 amide bonds. The van der Waals surface area contributed by atoms with Crippen molar-refractivity contribution >= 4 is 9.24 Å². The van der Waals surface area contributed by atoms with Crippen LogP contribution in [-0.4, -0.2) is 0 Å². The third kappa shape index (κ3) is 3.49. The molecule has 0 heterocycles. The van der Waals surface area contributed by atoms with Gasteiger partial charge in [0.15, 0.2) is 0 Å². The summed E-state index contributed by atoms with van der Waals surface area (Å²) in [5.74, 6) is 0.720. The van der Waals surface area contributed by atoms with Gasteiger partial charge in [0, 0.05) is 5.16 Å². The topological polar surface area (TPSA) is 0 Å². The van der Waals surface area contributed by atoms with E-state index in [9.17, 15) is 0 Å². The zero-order valence-electron chi connectivity index (χ0n) is 12.5. The molecule has 106 valence electrons. The Hall–Kier alpha value is -1.13. The maximum atomic E-state index is 3.14. The van der Waals surface area contributed by atoms with Gasteiger partial charge in [-0.15, -0.1) is 9.24 Å². The molecule has 2 unspecified atom stereocenters. The second-order valence-electron chi connectivity index (χ2n) is 5.80. The highest BCUT2D eigenvalue weighted by atomic mass is 31.0. The molecule has 0 radical (unpaired) electrons. The minimum Gasteiger partial charge on any atom is -0.122 e. The summed E-state index contributed by atoms with van der Waals surface area (Å²) < 4.78 is 0. The molecule has 0 aromatic heterocycles. The lowest BCUT2D eigenvalue weighted by Gasteiger charge is -2.33. The van der Waals surface area contributed by atoms with Crippen LogP contribution in [0.4, 0.5) is 0 Å². The first-order chi connectivity index (χ1) is 9.66. The molecule has 2 aromatic carbocycles. The van der Waals surface area contributed by atoms with E-state index in [1.165, 1.54) is 30.4 Å². The van der Waals surface area contributed by atoms with Crippen LogP contribution in [-0.2, 0) is 5.16 Å². The van der Waals surface area contributed by atoms with Crippen LogP contribution in [0.25, 0.3) is 0 Å². The Bertz CT molecular complexity index is 464. The minimum absolute atomic E-state index is 0.0249. The lowest BCUT2D eigenvalue weighted by atomic mass is 9.82. The van der Waals surface area contributed by atoms with Gasteiger partial charge in [-0.25, -0.2) is 0 Å². The summed E-state index contributed by atoms with van der Waals surface area (Å²) in [5, 5.41) is 0.0249. The van der Waals surface area contributed by atoms with Crippen molar-refractivity contribution in [2.45, 2.75) is 38.3 Å². The molecule has 0 N–H and O–H groups in total. The van der Waals surface area contributed by atoms with Crippen LogP contribution in [0.5, 0.6) is 0 Å². The Kier molecular flexibility index (Phi) is 5.38. The summed E-state index contributed by atoms with van der Waals surface area (Å²) >= 11 is 0. The third-order valence-corrected chi connectivity index (χ3v) is 4.93. The predicted molar refractivity (Wildman–Crippen MR) is 92.1 cm³/mol. The molecule has 0 aliphatic carbocycles. The molecule has 0 saturated carbocycles. The van der Waals surface area contributed by atoms with Gasteiger partial charge in [-0.1, -0.05) is 87.4 Å². The molecule has 1 heteroatoms. The van der Waals surface area contributed by atoms with Gasteiger partial charge in [-0.3, -0.25) is 0 Å². The van der Waals surface area contributed by atoms with Crippen LogP contribution in [0.15, 0.2) is 60.7 Å². The Morgan fingerprint density at radius 3 is 1.75 bits per heavy atom. The number of benzene rings is 2. The second kappa shape index (κ2) is 7.04. The lowest BCUT2D eigenvalue weighted by molar-refractivity contribution is 0.440. The number of hydrogen-bond acceptors (Lipinski definition) is 0. The van der Waals surface area contributed by atoms with Crippen molar-refractivity contribution in [1.82, 2.24) is 0 Å². The normalized spacial score (nSPS) is 13.2. The quantitative estimate of drug-likeness (QED) is 0.603. The van der Waals surface area contributed by atoms with Crippen LogP contribution < -0.4 is 0 Å². The van der Waals surface area contributed by atoms with E-state index in [0.29, 0.717) is 0 Å². The van der Waals surface area contributed by atoms with E-state index in [-0.39, 0.29) is 5.16 Å². The van der Waals surface area contributed by atoms with E-state index in [1.54, 1.807) is 0 Å². The Morgan fingerprint density at radius 2 is 1.35 bits per heavy atom. The van der Waals surface area contributed by atoms with Gasteiger partial charge in [0.2, 0.25) is 0 Å². The van der Waals surface area contributed by atoms with Gasteiger partial charge in [0.1, 0.15) is 0 Å². The van der Waals surface area contributed by atoms with E-state index < -0.39 is 0 Å². The van der Waals surface area contributed by atoms with Crippen LogP contribution in [0.3, 0.4) is 0 Å². The average Bonchev–Trinajstić information content (AvgIpc) is 2.49. The second-order valence-corrected chi connectivity index (χ2v) is 6.79. The molecular formula is C19H25P. The van der Waals surface area contributed by atoms with Gasteiger partial charge in [0.25, 0.3) is 0 Å². The molecule has 0 spiro atoms. The van der Waals surface area contributed by atoms with E-state index in [2.05, 4.69) is 83.8 Å². The first-order valence-electron chi connectivity index (χ1n) is 7.56. The zero-order chi connectivity index (χ0) is 14.4. The Balaban J connectivity index is 2.38. The van der Waals surface area contributed by atoms with E-state index in [0.717, 1.165) is 5.92 Å². The molecule has 2 aromatic rings. The number of rotatable bonds is 6. The van der Waals surface area contributed by atoms with Crippen LogP contribution >= 0.6 is 9.24 Å². The monoisotopic (exact) mass is 284 g/mol. The standard InChI is InChI=1S/C19H25P/c1-3-10-16(2)15-19(20,17-11-6-4-7-12-17)18-13-8-5-9-14-18/h4-9,11-14,16H,3,10,15,20H2,1-2H3. The largest absolute Gasteiger partial charge is 0.122 e. The maximum Gasteiger partial charge on any atom is 0.0346 e. The lowest BCUT2D eigenvalue weighted by Crippen LogP contribution is -2.23. The van der Waals surface area contributed by atoms with Crippen molar-refractivity contribution < 1.29 is 0 Å². The number of hydrogen-bond donors (Lipinski definition) is 0. The van der Waals surface area contributed by atoms with Crippen molar-refractivity contribution in [1.29, 1.82) is 0 Å². The fourth-order valence-corrected chi connectivity index (χ4v) is 3.81. The summed E-state index contributed by atoms with van der Waals surface area (Å²) in [6, 6.07) is 21.7. The van der Waals surface area contributed by atoms with E-state index in [1.807, 2.05) is 0 Å². The average molecular weight is 284 g/mol. The smallest absolute Gasteiger partial charge is 0.0346 e. The van der Waals surface area contributed by atoms with Gasteiger partial charge >= 0.3 is 0 Å². The minimum atomic E-state index is 0.0249. The Morgan fingerprint density at radius 1 is 0.900 bits per heavy atom. The van der Waals surface area contributed by atoms with Crippen LogP contribution in [0.2, 0.25) is 0 Å². The fraction of sp³-hybridized carbons (Fsp3) is 0.368. The van der Waals surface area contributed by atoms with Crippen molar-refractivity contribution in [3.05, 3.63) is 71.8 Å². The van der Waals surface area contributed by atoms with Crippen molar-refractivity contribution in [3.8, 4) is 0 Å². The van der Waals surface area contributed by atoms with Gasteiger partial charge in [0.05, 0.1) is 0 Å². The highest BCUT2D eigenvalue weighted by Gasteiger charge is 2.30. The van der Waals surface area contributed by atoms with Crippen LogP contribution in [0.1, 0.15) is 44.2 Å². The Labute approximate surface area is 125 Å². The highest BCUT2D eigenvalue weighted by Crippen LogP contribution is 2.44. The molecule has 20 heavy (non-hydrogen) atoms. The van der Waals surface area contributed by atoms with E-state index >= 15 is 0 Å². The molecule has 2 rings (SSSR count). The molecule has 0 saturated heterocycles. The molecule has 0 aliphatic rings. The molecular weight excluding hydrogens is 259 g/mol. The first kappa shape index (κ1) is 15.3. The SMILES string of the molecule is CCCC(C)CC(P)(c1ccccc1)c1ccccc1. The van der Waals surface area contributed by atoms with Crippen molar-refractivity contribution in [3.63, 3.8) is 0 Å². The molecule has 0 nitrogen and oxygen atoms in total. The van der Waals surface area contributed by atoms with Gasteiger partial charge in [-0.05, 0) is 23.5 Å². The molecule has 0 aliphatic heterocycles. The van der Waals surface area contributed by atoms with Crippen molar-refractivity contribution in [2.24, 2.45) is 5.92 Å². The fourth-order valence-electron chi connectivity index (χ4n) is 3.02. The van der Waals surface area contributed by atoms with Gasteiger partial charge < -0.3 is 0 Å². The summed E-state index contributed by atoms with van der Waals surface area (Å²) in [6.45, 7) is 4.64. The molecule has 0 bridgehead atoms. The summed E-state index contributed by atoms with van der Waals surface area (Å²) in [5.41, 5.74) is 2.78. The summed E-state index contributed by atoms with van der Waals surface area (Å²) in [4.78, 5) is 0. The summed E-state index contributed by atoms with van der Waals surface area (Å²) in [6.07, 6.45) is 3.71. The zero-order valence-corrected chi connectivity index (χ0v) is 13.7. The van der Waals surface area contributed by atoms with Crippen LogP contribution in [0, 0.1) is 5.92 Å². The van der Waals surface area contributed by atoms with Gasteiger partial charge in [-0.2, -0.15) is 0 Å². The summed E-state index contributed by atoms with van der Waals surface area (Å²) in [7, 11) is 3.14. The van der Waals surface area contributed by atoms with Crippen molar-refractivity contribution in [2.75, 3.05) is 0 Å². The molecule has 2 atom stereocenters. The third-order valence-electron chi connectivity index (χ3n) is 4.03. The van der Waals surface area contributed by atoms with E-state index in [4.69, 9.17) is 0 Å². The first-order valence-corrected chi connectivity index (χ1v) is 8.14. The highest BCUT2D eigenvalue weighted by molar-refractivity contribution is 7.19.